The minimum Gasteiger partial charge on any atom is -0.397 e. The first kappa shape index (κ1) is 13.2. The number of aromatic nitrogens is 1. The van der Waals surface area contributed by atoms with Gasteiger partial charge in [0, 0.05) is 28.0 Å². The van der Waals surface area contributed by atoms with Crippen molar-refractivity contribution in [3.63, 3.8) is 0 Å². The molecular formula is C14H9BrFN3. The molecule has 19 heavy (non-hydrogen) atoms. The summed E-state index contributed by atoms with van der Waals surface area (Å²) in [5, 5.41) is 9.24. The molecule has 0 unspecified atom stereocenters. The Balaban J connectivity index is 2.67. The number of hydrogen-bond acceptors (Lipinski definition) is 3. The van der Waals surface area contributed by atoms with Crippen LogP contribution in [0.25, 0.3) is 11.3 Å². The number of halogens is 2. The van der Waals surface area contributed by atoms with Crippen molar-refractivity contribution in [3.8, 4) is 6.07 Å². The highest BCUT2D eigenvalue weighted by Gasteiger charge is 2.15. The van der Waals surface area contributed by atoms with Gasteiger partial charge in [0.1, 0.15) is 11.9 Å². The largest absolute Gasteiger partial charge is 0.397 e. The molecule has 1 aromatic heterocycles. The standard InChI is InChI=1S/C14H9BrFN3/c15-11-4-1-5-12(16)13(11)14(18)10(7-17)9-3-2-6-19-8-9/h1-6,8H,18H2/b14-10-. The second-order valence-electron chi connectivity index (χ2n) is 3.74. The minimum atomic E-state index is -0.483. The van der Waals surface area contributed by atoms with Crippen molar-refractivity contribution in [1.29, 1.82) is 5.26 Å². The van der Waals surface area contributed by atoms with Gasteiger partial charge in [0.15, 0.2) is 0 Å². The predicted molar refractivity (Wildman–Crippen MR) is 75.0 cm³/mol. The molecule has 5 heteroatoms. The lowest BCUT2D eigenvalue weighted by Gasteiger charge is -2.09. The van der Waals surface area contributed by atoms with Gasteiger partial charge < -0.3 is 5.73 Å². The van der Waals surface area contributed by atoms with E-state index in [9.17, 15) is 9.65 Å². The van der Waals surface area contributed by atoms with Crippen molar-refractivity contribution in [2.75, 3.05) is 0 Å². The van der Waals surface area contributed by atoms with Crippen molar-refractivity contribution in [2.45, 2.75) is 0 Å². The lowest BCUT2D eigenvalue weighted by atomic mass is 10.0. The Bertz CT molecular complexity index is 655. The van der Waals surface area contributed by atoms with E-state index in [0.29, 0.717) is 10.0 Å². The normalized spacial score (nSPS) is 11.6. The van der Waals surface area contributed by atoms with Gasteiger partial charge in [-0.15, -0.1) is 0 Å². The summed E-state index contributed by atoms with van der Waals surface area (Å²) >= 11 is 3.24. The van der Waals surface area contributed by atoms with E-state index in [4.69, 9.17) is 5.73 Å². The van der Waals surface area contributed by atoms with Gasteiger partial charge in [-0.2, -0.15) is 5.26 Å². The van der Waals surface area contributed by atoms with Crippen molar-refractivity contribution in [1.82, 2.24) is 4.98 Å². The van der Waals surface area contributed by atoms with Gasteiger partial charge in [-0.1, -0.05) is 12.1 Å². The van der Waals surface area contributed by atoms with E-state index >= 15 is 0 Å². The van der Waals surface area contributed by atoms with Crippen LogP contribution >= 0.6 is 15.9 Å². The van der Waals surface area contributed by atoms with Gasteiger partial charge in [-0.05, 0) is 34.1 Å². The summed E-state index contributed by atoms with van der Waals surface area (Å²) < 4.78 is 14.3. The van der Waals surface area contributed by atoms with Crippen LogP contribution in [0.5, 0.6) is 0 Å². The van der Waals surface area contributed by atoms with Crippen LogP contribution in [0.2, 0.25) is 0 Å². The highest BCUT2D eigenvalue weighted by atomic mass is 79.9. The van der Waals surface area contributed by atoms with Gasteiger partial charge >= 0.3 is 0 Å². The maximum atomic E-state index is 13.8. The quantitative estimate of drug-likeness (QED) is 0.864. The van der Waals surface area contributed by atoms with Gasteiger partial charge in [0.05, 0.1) is 11.3 Å². The van der Waals surface area contributed by atoms with Crippen LogP contribution in [0, 0.1) is 17.1 Å². The maximum absolute atomic E-state index is 13.8. The summed E-state index contributed by atoms with van der Waals surface area (Å²) in [5.41, 5.74) is 6.96. The summed E-state index contributed by atoms with van der Waals surface area (Å²) in [5.74, 6) is -0.483. The number of hydrogen-bond donors (Lipinski definition) is 1. The molecule has 0 saturated heterocycles. The molecule has 94 valence electrons. The fourth-order valence-corrected chi connectivity index (χ4v) is 2.23. The van der Waals surface area contributed by atoms with Crippen molar-refractivity contribution < 1.29 is 4.39 Å². The highest BCUT2D eigenvalue weighted by Crippen LogP contribution is 2.29. The molecule has 1 aromatic carbocycles. The zero-order valence-corrected chi connectivity index (χ0v) is 11.4. The molecule has 0 aliphatic heterocycles. The molecule has 0 aliphatic rings. The topological polar surface area (TPSA) is 62.7 Å². The van der Waals surface area contributed by atoms with Crippen LogP contribution in [-0.4, -0.2) is 4.98 Å². The first-order valence-electron chi connectivity index (χ1n) is 5.39. The number of benzene rings is 1. The van der Waals surface area contributed by atoms with E-state index in [2.05, 4.69) is 20.9 Å². The Morgan fingerprint density at radius 1 is 1.32 bits per heavy atom. The molecule has 0 aliphatic carbocycles. The summed E-state index contributed by atoms with van der Waals surface area (Å²) in [7, 11) is 0. The Hall–Kier alpha value is -2.19. The molecular weight excluding hydrogens is 309 g/mol. The number of pyridine rings is 1. The van der Waals surface area contributed by atoms with Crippen LogP contribution in [0.1, 0.15) is 11.1 Å². The smallest absolute Gasteiger partial charge is 0.133 e. The number of rotatable bonds is 2. The molecule has 2 aromatic rings. The van der Waals surface area contributed by atoms with Gasteiger partial charge in [-0.25, -0.2) is 4.39 Å². The fourth-order valence-electron chi connectivity index (χ4n) is 1.67. The second-order valence-corrected chi connectivity index (χ2v) is 4.59. The zero-order valence-electron chi connectivity index (χ0n) is 9.77. The third kappa shape index (κ3) is 2.64. The van der Waals surface area contributed by atoms with Gasteiger partial charge in [-0.3, -0.25) is 4.98 Å². The molecule has 3 nitrogen and oxygen atoms in total. The number of nitriles is 1. The maximum Gasteiger partial charge on any atom is 0.133 e. The number of allylic oxidation sites excluding steroid dienone is 1. The molecule has 1 heterocycles. The van der Waals surface area contributed by atoms with E-state index < -0.39 is 5.82 Å². The first-order chi connectivity index (χ1) is 9.15. The SMILES string of the molecule is N#C/C(=C(/N)c1c(F)cccc1Br)c1cccnc1. The van der Waals surface area contributed by atoms with Crippen LogP contribution in [-0.2, 0) is 0 Å². The molecule has 2 N–H and O–H groups in total. The lowest BCUT2D eigenvalue weighted by molar-refractivity contribution is 0.623. The molecule has 0 bridgehead atoms. The van der Waals surface area contributed by atoms with Crippen LogP contribution < -0.4 is 5.73 Å². The number of nitrogens with two attached hydrogens (primary N) is 1. The molecule has 0 amide bonds. The van der Waals surface area contributed by atoms with Gasteiger partial charge in [0.25, 0.3) is 0 Å². The number of nitrogens with zero attached hydrogens (tertiary/aromatic N) is 2. The molecule has 0 atom stereocenters. The summed E-state index contributed by atoms with van der Waals surface area (Å²) in [6, 6.07) is 9.92. The Morgan fingerprint density at radius 3 is 2.68 bits per heavy atom. The van der Waals surface area contributed by atoms with Crippen LogP contribution in [0.4, 0.5) is 4.39 Å². The third-order valence-corrected chi connectivity index (χ3v) is 3.22. The second kappa shape index (κ2) is 5.63. The molecule has 0 fully saturated rings. The molecule has 0 saturated carbocycles. The summed E-state index contributed by atoms with van der Waals surface area (Å²) in [6.07, 6.45) is 3.11. The predicted octanol–water partition coefficient (Wildman–Crippen LogP) is 3.33. The fraction of sp³-hybridized carbons (Fsp3) is 0. The van der Waals surface area contributed by atoms with E-state index in [0.717, 1.165) is 0 Å². The highest BCUT2D eigenvalue weighted by molar-refractivity contribution is 9.10. The molecule has 2 rings (SSSR count). The van der Waals surface area contributed by atoms with Crippen LogP contribution in [0.15, 0.2) is 47.2 Å². The first-order valence-corrected chi connectivity index (χ1v) is 6.19. The average molecular weight is 318 g/mol. The minimum absolute atomic E-state index is 0.0838. The molecule has 0 radical (unpaired) electrons. The van der Waals surface area contributed by atoms with Crippen LogP contribution in [0.3, 0.4) is 0 Å². The molecule has 0 spiro atoms. The van der Waals surface area contributed by atoms with Crippen molar-refractivity contribution in [3.05, 3.63) is 64.1 Å². The van der Waals surface area contributed by atoms with Crippen molar-refractivity contribution in [2.24, 2.45) is 5.73 Å². The monoisotopic (exact) mass is 317 g/mol. The van der Waals surface area contributed by atoms with E-state index in [-0.39, 0.29) is 16.8 Å². The third-order valence-electron chi connectivity index (χ3n) is 2.56. The van der Waals surface area contributed by atoms with E-state index in [1.165, 1.54) is 12.3 Å². The Morgan fingerprint density at radius 2 is 2.11 bits per heavy atom. The van der Waals surface area contributed by atoms with E-state index in [1.54, 1.807) is 30.5 Å². The van der Waals surface area contributed by atoms with Crippen molar-refractivity contribution >= 4 is 27.2 Å². The average Bonchev–Trinajstić information content (AvgIpc) is 2.40. The Labute approximate surface area is 118 Å². The lowest BCUT2D eigenvalue weighted by Crippen LogP contribution is -2.04. The summed E-state index contributed by atoms with van der Waals surface area (Å²) in [4.78, 5) is 3.93. The van der Waals surface area contributed by atoms with E-state index in [1.807, 2.05) is 6.07 Å². The van der Waals surface area contributed by atoms with Gasteiger partial charge in [0.2, 0.25) is 0 Å². The zero-order chi connectivity index (χ0) is 13.8. The Kier molecular flexibility index (Phi) is 3.93. The summed E-state index contributed by atoms with van der Waals surface area (Å²) in [6.45, 7) is 0.